The number of hydrogen-bond acceptors (Lipinski definition) is 1. The SMILES string of the molecule is [CH2]C(C)(C)Oc1ccc(CC)cc1. The highest BCUT2D eigenvalue weighted by molar-refractivity contribution is 5.27. The van der Waals surface area contributed by atoms with Crippen LogP contribution in [0.1, 0.15) is 26.3 Å². The van der Waals surface area contributed by atoms with Crippen molar-refractivity contribution in [1.29, 1.82) is 0 Å². The van der Waals surface area contributed by atoms with Crippen LogP contribution in [0.5, 0.6) is 5.75 Å². The van der Waals surface area contributed by atoms with Crippen LogP contribution in [-0.2, 0) is 6.42 Å². The Hall–Kier alpha value is -0.980. The Balaban J connectivity index is 2.70. The molecule has 0 aliphatic rings. The highest BCUT2D eigenvalue weighted by Crippen LogP contribution is 2.18. The molecule has 0 saturated carbocycles. The molecule has 0 unspecified atom stereocenters. The summed E-state index contributed by atoms with van der Waals surface area (Å²) in [6.07, 6.45) is 1.06. The number of ether oxygens (including phenoxy) is 1. The van der Waals surface area contributed by atoms with Crippen LogP contribution in [0, 0.1) is 6.92 Å². The molecule has 0 heterocycles. The molecule has 0 saturated heterocycles. The minimum atomic E-state index is -0.353. The van der Waals surface area contributed by atoms with E-state index in [9.17, 15) is 0 Å². The van der Waals surface area contributed by atoms with Gasteiger partial charge in [-0.25, -0.2) is 0 Å². The minimum Gasteiger partial charge on any atom is -0.488 e. The van der Waals surface area contributed by atoms with E-state index in [1.54, 1.807) is 0 Å². The molecular formula is C12H17O. The van der Waals surface area contributed by atoms with E-state index >= 15 is 0 Å². The fourth-order valence-corrected chi connectivity index (χ4v) is 1.11. The normalized spacial score (nSPS) is 11.4. The van der Waals surface area contributed by atoms with Gasteiger partial charge in [0, 0.05) is 0 Å². The molecule has 0 atom stereocenters. The standard InChI is InChI=1S/C12H17O/c1-5-10-6-8-11(9-7-10)13-12(2,3)4/h6-9H,2,5H2,1,3-4H3. The molecule has 0 amide bonds. The largest absolute Gasteiger partial charge is 0.488 e. The molecule has 1 nitrogen and oxygen atoms in total. The lowest BCUT2D eigenvalue weighted by atomic mass is 10.1. The van der Waals surface area contributed by atoms with Gasteiger partial charge in [0.15, 0.2) is 0 Å². The molecule has 71 valence electrons. The van der Waals surface area contributed by atoms with Crippen LogP contribution in [0.15, 0.2) is 24.3 Å². The topological polar surface area (TPSA) is 9.23 Å². The van der Waals surface area contributed by atoms with Gasteiger partial charge in [0.1, 0.15) is 11.4 Å². The van der Waals surface area contributed by atoms with E-state index < -0.39 is 0 Å². The molecule has 0 spiro atoms. The van der Waals surface area contributed by atoms with Crippen LogP contribution in [0.2, 0.25) is 0 Å². The highest BCUT2D eigenvalue weighted by Gasteiger charge is 2.11. The first-order chi connectivity index (χ1) is 6.01. The van der Waals surface area contributed by atoms with Crippen LogP contribution in [0.3, 0.4) is 0 Å². The van der Waals surface area contributed by atoms with Gasteiger partial charge in [-0.3, -0.25) is 0 Å². The lowest BCUT2D eigenvalue weighted by molar-refractivity contribution is 0.159. The zero-order valence-electron chi connectivity index (χ0n) is 8.63. The molecule has 0 aliphatic carbocycles. The van der Waals surface area contributed by atoms with Gasteiger partial charge in [-0.15, -0.1) is 0 Å². The maximum absolute atomic E-state index is 5.59. The monoisotopic (exact) mass is 177 g/mol. The van der Waals surface area contributed by atoms with Crippen molar-refractivity contribution in [3.8, 4) is 5.75 Å². The lowest BCUT2D eigenvalue weighted by Gasteiger charge is -2.21. The summed E-state index contributed by atoms with van der Waals surface area (Å²) in [6, 6.07) is 8.15. The van der Waals surface area contributed by atoms with Crippen LogP contribution in [0.4, 0.5) is 0 Å². The maximum atomic E-state index is 5.59. The molecule has 1 rings (SSSR count). The van der Waals surface area contributed by atoms with Crippen molar-refractivity contribution < 1.29 is 4.74 Å². The summed E-state index contributed by atoms with van der Waals surface area (Å²) in [5.41, 5.74) is 0.975. The fourth-order valence-electron chi connectivity index (χ4n) is 1.11. The Bertz CT molecular complexity index is 253. The van der Waals surface area contributed by atoms with Gasteiger partial charge < -0.3 is 4.74 Å². The molecule has 0 aliphatic heterocycles. The number of rotatable bonds is 3. The summed E-state index contributed by atoms with van der Waals surface area (Å²) in [7, 11) is 0. The predicted octanol–water partition coefficient (Wildman–Crippen LogP) is 3.24. The first-order valence-corrected chi connectivity index (χ1v) is 4.64. The third kappa shape index (κ3) is 3.49. The van der Waals surface area contributed by atoms with Gasteiger partial charge in [-0.05, 0) is 44.9 Å². The molecule has 0 N–H and O–H groups in total. The van der Waals surface area contributed by atoms with E-state index in [4.69, 9.17) is 4.74 Å². The molecule has 0 bridgehead atoms. The van der Waals surface area contributed by atoms with Crippen LogP contribution in [0.25, 0.3) is 0 Å². The van der Waals surface area contributed by atoms with Crippen LogP contribution in [-0.4, -0.2) is 5.60 Å². The van der Waals surface area contributed by atoms with E-state index in [0.717, 1.165) is 12.2 Å². The summed E-state index contributed by atoms with van der Waals surface area (Å²) in [5.74, 6) is 0.886. The predicted molar refractivity (Wildman–Crippen MR) is 55.9 cm³/mol. The average Bonchev–Trinajstić information content (AvgIpc) is 2.03. The van der Waals surface area contributed by atoms with Gasteiger partial charge in [0.25, 0.3) is 0 Å². The van der Waals surface area contributed by atoms with Crippen molar-refractivity contribution in [3.05, 3.63) is 36.8 Å². The average molecular weight is 177 g/mol. The quantitative estimate of drug-likeness (QED) is 0.688. The summed E-state index contributed by atoms with van der Waals surface area (Å²) in [5, 5.41) is 0. The van der Waals surface area contributed by atoms with Crippen LogP contribution >= 0.6 is 0 Å². The summed E-state index contributed by atoms with van der Waals surface area (Å²) >= 11 is 0. The first-order valence-electron chi connectivity index (χ1n) is 4.64. The number of benzene rings is 1. The van der Waals surface area contributed by atoms with Gasteiger partial charge in [-0.1, -0.05) is 19.1 Å². The second kappa shape index (κ2) is 3.82. The summed E-state index contributed by atoms with van der Waals surface area (Å²) < 4.78 is 5.59. The van der Waals surface area contributed by atoms with E-state index in [-0.39, 0.29) is 5.60 Å². The van der Waals surface area contributed by atoms with Gasteiger partial charge in [-0.2, -0.15) is 0 Å². The van der Waals surface area contributed by atoms with E-state index in [0.29, 0.717) is 0 Å². The Morgan fingerprint density at radius 3 is 2.15 bits per heavy atom. The van der Waals surface area contributed by atoms with E-state index in [1.165, 1.54) is 5.56 Å². The maximum Gasteiger partial charge on any atom is 0.120 e. The Kier molecular flexibility index (Phi) is 2.97. The first kappa shape index (κ1) is 10.1. The Morgan fingerprint density at radius 2 is 1.77 bits per heavy atom. The second-order valence-corrected chi connectivity index (χ2v) is 3.86. The molecule has 0 aromatic heterocycles. The number of aryl methyl sites for hydroxylation is 1. The second-order valence-electron chi connectivity index (χ2n) is 3.86. The van der Waals surface area contributed by atoms with E-state index in [2.05, 4.69) is 26.0 Å². The third-order valence-corrected chi connectivity index (χ3v) is 1.73. The van der Waals surface area contributed by atoms with Crippen molar-refractivity contribution in [2.75, 3.05) is 0 Å². The van der Waals surface area contributed by atoms with Gasteiger partial charge in [0.05, 0.1) is 0 Å². The number of hydrogen-bond donors (Lipinski definition) is 0. The molecular weight excluding hydrogens is 160 g/mol. The van der Waals surface area contributed by atoms with Gasteiger partial charge >= 0.3 is 0 Å². The van der Waals surface area contributed by atoms with Crippen molar-refractivity contribution in [2.45, 2.75) is 32.8 Å². The molecule has 1 radical (unpaired) electrons. The fraction of sp³-hybridized carbons (Fsp3) is 0.417. The zero-order chi connectivity index (χ0) is 9.90. The van der Waals surface area contributed by atoms with Gasteiger partial charge in [0.2, 0.25) is 0 Å². The Morgan fingerprint density at radius 1 is 1.23 bits per heavy atom. The van der Waals surface area contributed by atoms with Crippen molar-refractivity contribution in [3.63, 3.8) is 0 Å². The summed E-state index contributed by atoms with van der Waals surface area (Å²) in [6.45, 7) is 9.92. The highest BCUT2D eigenvalue weighted by atomic mass is 16.5. The van der Waals surface area contributed by atoms with Crippen molar-refractivity contribution in [2.24, 2.45) is 0 Å². The van der Waals surface area contributed by atoms with Crippen molar-refractivity contribution >= 4 is 0 Å². The smallest absolute Gasteiger partial charge is 0.120 e. The summed E-state index contributed by atoms with van der Waals surface area (Å²) in [4.78, 5) is 0. The van der Waals surface area contributed by atoms with Crippen molar-refractivity contribution in [1.82, 2.24) is 0 Å². The lowest BCUT2D eigenvalue weighted by Crippen LogP contribution is -2.23. The zero-order valence-corrected chi connectivity index (χ0v) is 8.63. The molecule has 0 fully saturated rings. The third-order valence-electron chi connectivity index (χ3n) is 1.73. The molecule has 13 heavy (non-hydrogen) atoms. The van der Waals surface area contributed by atoms with Crippen LogP contribution < -0.4 is 4.74 Å². The van der Waals surface area contributed by atoms with E-state index in [1.807, 2.05) is 26.0 Å². The Labute approximate surface area is 80.7 Å². The molecule has 1 aromatic rings. The minimum absolute atomic E-state index is 0.353. The molecule has 1 aromatic carbocycles. The molecule has 1 heteroatoms.